The molecule has 2 aliphatic carbocycles. The van der Waals surface area contributed by atoms with Gasteiger partial charge in [-0.15, -0.1) is 0 Å². The maximum atomic E-state index is 12.5. The average molecular weight is 358 g/mol. The Bertz CT molecular complexity index is 637. The number of aliphatic hydroxyl groups excluding tert-OH is 1. The third kappa shape index (κ3) is 3.70. The Morgan fingerprint density at radius 1 is 1.15 bits per heavy atom. The van der Waals surface area contributed by atoms with Crippen molar-refractivity contribution < 1.29 is 9.90 Å². The first kappa shape index (κ1) is 17.7. The number of nitrogens with zero attached hydrogens (tertiary/aromatic N) is 3. The van der Waals surface area contributed by atoms with Gasteiger partial charge in [0.1, 0.15) is 0 Å². The fourth-order valence-electron chi connectivity index (χ4n) is 4.63. The normalized spacial score (nSPS) is 24.5. The predicted molar refractivity (Wildman–Crippen MR) is 99.8 cm³/mol. The second-order valence-electron chi connectivity index (χ2n) is 8.12. The van der Waals surface area contributed by atoms with Crippen LogP contribution in [0.15, 0.2) is 6.20 Å². The highest BCUT2D eigenvalue weighted by molar-refractivity contribution is 5.79. The van der Waals surface area contributed by atoms with Gasteiger partial charge in [0.05, 0.1) is 11.7 Å². The Morgan fingerprint density at radius 3 is 2.65 bits per heavy atom. The van der Waals surface area contributed by atoms with Gasteiger partial charge < -0.3 is 15.3 Å². The van der Waals surface area contributed by atoms with E-state index in [-0.39, 0.29) is 24.5 Å². The number of rotatable bonds is 4. The maximum absolute atomic E-state index is 12.5. The summed E-state index contributed by atoms with van der Waals surface area (Å²) in [5, 5.41) is 12.6. The summed E-state index contributed by atoms with van der Waals surface area (Å²) < 4.78 is 0. The molecule has 1 saturated heterocycles. The minimum atomic E-state index is 0.0704. The first-order valence-corrected chi connectivity index (χ1v) is 10.3. The maximum Gasteiger partial charge on any atom is 0.225 e. The highest BCUT2D eigenvalue weighted by Crippen LogP contribution is 2.32. The summed E-state index contributed by atoms with van der Waals surface area (Å²) in [6, 6.07) is 0.0704. The molecule has 1 atom stereocenters. The molecular weight excluding hydrogens is 328 g/mol. The summed E-state index contributed by atoms with van der Waals surface area (Å²) in [5.74, 6) is 1.64. The number of carbonyl (C=O) groups excluding carboxylic acids is 1. The van der Waals surface area contributed by atoms with Crippen molar-refractivity contribution in [2.45, 2.75) is 63.8 Å². The van der Waals surface area contributed by atoms with Crippen molar-refractivity contribution in [3.8, 4) is 0 Å². The van der Waals surface area contributed by atoms with Crippen LogP contribution in [-0.4, -0.2) is 40.7 Å². The molecule has 3 aliphatic rings. The van der Waals surface area contributed by atoms with Crippen molar-refractivity contribution in [1.82, 2.24) is 15.3 Å². The van der Waals surface area contributed by atoms with E-state index in [1.54, 1.807) is 0 Å². The molecule has 2 N–H and O–H groups in total. The van der Waals surface area contributed by atoms with E-state index in [0.717, 1.165) is 75.2 Å². The van der Waals surface area contributed by atoms with Crippen molar-refractivity contribution in [3.63, 3.8) is 0 Å². The minimum absolute atomic E-state index is 0.0704. The summed E-state index contributed by atoms with van der Waals surface area (Å²) >= 11 is 0. The monoisotopic (exact) mass is 358 g/mol. The topological polar surface area (TPSA) is 78.4 Å². The number of anilines is 1. The molecule has 142 valence electrons. The number of carbonyl (C=O) groups is 1. The second-order valence-corrected chi connectivity index (χ2v) is 8.12. The Balaban J connectivity index is 1.44. The van der Waals surface area contributed by atoms with Crippen LogP contribution in [0.5, 0.6) is 0 Å². The zero-order valence-corrected chi connectivity index (χ0v) is 15.5. The zero-order chi connectivity index (χ0) is 17.9. The van der Waals surface area contributed by atoms with Crippen molar-refractivity contribution in [2.24, 2.45) is 11.8 Å². The van der Waals surface area contributed by atoms with E-state index in [1.807, 2.05) is 6.20 Å². The smallest absolute Gasteiger partial charge is 0.225 e. The largest absolute Gasteiger partial charge is 0.396 e. The van der Waals surface area contributed by atoms with E-state index in [0.29, 0.717) is 5.92 Å². The lowest BCUT2D eigenvalue weighted by Crippen LogP contribution is -2.37. The third-order valence-corrected chi connectivity index (χ3v) is 6.37. The number of hydrogen-bond donors (Lipinski definition) is 2. The minimum Gasteiger partial charge on any atom is -0.396 e. The van der Waals surface area contributed by atoms with E-state index in [2.05, 4.69) is 15.2 Å². The Morgan fingerprint density at radius 2 is 1.92 bits per heavy atom. The van der Waals surface area contributed by atoms with Crippen molar-refractivity contribution >= 4 is 11.9 Å². The van der Waals surface area contributed by atoms with Crippen LogP contribution >= 0.6 is 0 Å². The standard InChI is InChI=1S/C20H30N4O2/c25-13-14-8-10-24(11-9-14)20-21-12-16-17(6-3-7-18(16)23-20)22-19(26)15-4-1-2-5-15/h12,14-15,17,25H,1-11,13H2,(H,22,26)/t17-/m0/s1. The fourth-order valence-corrected chi connectivity index (χ4v) is 4.63. The summed E-state index contributed by atoms with van der Waals surface area (Å²) in [4.78, 5) is 24.2. The molecule has 1 aromatic rings. The fraction of sp³-hybridized carbons (Fsp3) is 0.750. The highest BCUT2D eigenvalue weighted by atomic mass is 16.3. The molecule has 0 radical (unpaired) electrons. The SMILES string of the molecule is O=C(N[C@H]1CCCc2nc(N3CCC(CO)CC3)ncc21)C1CCCC1. The van der Waals surface area contributed by atoms with Crippen LogP contribution in [-0.2, 0) is 11.2 Å². The van der Waals surface area contributed by atoms with Crippen LogP contribution in [0.2, 0.25) is 0 Å². The first-order valence-electron chi connectivity index (χ1n) is 10.3. The lowest BCUT2D eigenvalue weighted by atomic mass is 9.91. The van der Waals surface area contributed by atoms with Crippen molar-refractivity contribution in [1.29, 1.82) is 0 Å². The van der Waals surface area contributed by atoms with E-state index >= 15 is 0 Å². The number of amides is 1. The number of hydrogen-bond acceptors (Lipinski definition) is 5. The van der Waals surface area contributed by atoms with Crippen LogP contribution < -0.4 is 10.2 Å². The van der Waals surface area contributed by atoms with Gasteiger partial charge in [-0.25, -0.2) is 9.97 Å². The van der Waals surface area contributed by atoms with E-state index < -0.39 is 0 Å². The Hall–Kier alpha value is -1.69. The van der Waals surface area contributed by atoms with Crippen LogP contribution in [0.4, 0.5) is 5.95 Å². The zero-order valence-electron chi connectivity index (χ0n) is 15.5. The van der Waals surface area contributed by atoms with Gasteiger partial charge in [-0.1, -0.05) is 12.8 Å². The molecule has 6 nitrogen and oxygen atoms in total. The van der Waals surface area contributed by atoms with Crippen molar-refractivity contribution in [3.05, 3.63) is 17.5 Å². The summed E-state index contributed by atoms with van der Waals surface area (Å²) in [6.45, 7) is 2.10. The Kier molecular flexibility index (Phi) is 5.38. The molecule has 6 heteroatoms. The van der Waals surface area contributed by atoms with Gasteiger partial charge in [0.25, 0.3) is 0 Å². The average Bonchev–Trinajstić information content (AvgIpc) is 3.23. The number of aromatic nitrogens is 2. The number of fused-ring (bicyclic) bond motifs is 1. The summed E-state index contributed by atoms with van der Waals surface area (Å²) in [7, 11) is 0. The molecular formula is C20H30N4O2. The van der Waals surface area contributed by atoms with Gasteiger partial charge in [0.15, 0.2) is 0 Å². The lowest BCUT2D eigenvalue weighted by Gasteiger charge is -2.32. The van der Waals surface area contributed by atoms with Gasteiger partial charge in [-0.2, -0.15) is 0 Å². The van der Waals surface area contributed by atoms with Gasteiger partial charge in [-0.3, -0.25) is 4.79 Å². The molecule has 0 spiro atoms. The number of aryl methyl sites for hydroxylation is 1. The van der Waals surface area contributed by atoms with Crippen LogP contribution in [0.1, 0.15) is 68.7 Å². The van der Waals surface area contributed by atoms with Gasteiger partial charge >= 0.3 is 0 Å². The van der Waals surface area contributed by atoms with Crippen LogP contribution in [0, 0.1) is 11.8 Å². The van der Waals surface area contributed by atoms with Gasteiger partial charge in [0.2, 0.25) is 11.9 Å². The van der Waals surface area contributed by atoms with Gasteiger partial charge in [0, 0.05) is 37.4 Å². The van der Waals surface area contributed by atoms with Gasteiger partial charge in [-0.05, 0) is 50.9 Å². The number of aliphatic hydroxyl groups is 1. The quantitative estimate of drug-likeness (QED) is 0.864. The number of nitrogens with one attached hydrogen (secondary N) is 1. The second kappa shape index (κ2) is 7.91. The molecule has 0 aromatic carbocycles. The predicted octanol–water partition coefficient (Wildman–Crippen LogP) is 2.37. The van der Waals surface area contributed by atoms with E-state index in [1.165, 1.54) is 12.8 Å². The Labute approximate surface area is 155 Å². The molecule has 2 heterocycles. The molecule has 4 rings (SSSR count). The molecule has 0 bridgehead atoms. The first-order chi connectivity index (χ1) is 12.7. The van der Waals surface area contributed by atoms with Crippen molar-refractivity contribution in [2.75, 3.05) is 24.6 Å². The van der Waals surface area contributed by atoms with Crippen LogP contribution in [0.25, 0.3) is 0 Å². The highest BCUT2D eigenvalue weighted by Gasteiger charge is 2.29. The molecule has 1 amide bonds. The molecule has 1 aromatic heterocycles. The molecule has 2 fully saturated rings. The van der Waals surface area contributed by atoms with E-state index in [4.69, 9.17) is 4.98 Å². The third-order valence-electron chi connectivity index (χ3n) is 6.37. The summed E-state index contributed by atoms with van der Waals surface area (Å²) in [5.41, 5.74) is 2.21. The van der Waals surface area contributed by atoms with Crippen LogP contribution in [0.3, 0.4) is 0 Å². The molecule has 0 unspecified atom stereocenters. The summed E-state index contributed by atoms with van der Waals surface area (Å²) in [6.07, 6.45) is 11.4. The lowest BCUT2D eigenvalue weighted by molar-refractivity contribution is -0.125. The molecule has 1 saturated carbocycles. The molecule has 1 aliphatic heterocycles. The number of piperidine rings is 1. The van der Waals surface area contributed by atoms with E-state index in [9.17, 15) is 9.90 Å². The molecule has 26 heavy (non-hydrogen) atoms.